The minimum Gasteiger partial charge on any atom is -0.310 e. The van der Waals surface area contributed by atoms with Crippen molar-refractivity contribution in [1.82, 2.24) is 0 Å². The molecule has 0 amide bonds. The number of nitrogens with zero attached hydrogens (tertiary/aromatic N) is 2. The van der Waals surface area contributed by atoms with E-state index in [0.717, 1.165) is 34.1 Å². The molecule has 2 nitrogen and oxygen atoms in total. The lowest BCUT2D eigenvalue weighted by molar-refractivity contribution is 0.672. The van der Waals surface area contributed by atoms with Gasteiger partial charge in [-0.25, -0.2) is 0 Å². The van der Waals surface area contributed by atoms with Crippen LogP contribution in [-0.4, -0.2) is 0 Å². The quantitative estimate of drug-likeness (QED) is 0.159. The van der Waals surface area contributed by atoms with Gasteiger partial charge in [0.15, 0.2) is 0 Å². The number of hydrogen-bond donors (Lipinski definition) is 0. The van der Waals surface area contributed by atoms with E-state index in [1.165, 1.54) is 65.7 Å². The summed E-state index contributed by atoms with van der Waals surface area (Å²) in [4.78, 5) is 4.74. The zero-order valence-corrected chi connectivity index (χ0v) is 31.7. The van der Waals surface area contributed by atoms with Gasteiger partial charge >= 0.3 is 0 Å². The summed E-state index contributed by atoms with van der Waals surface area (Å²) in [6.45, 7) is 9.14. The minimum atomic E-state index is -0.234. The second-order valence-corrected chi connectivity index (χ2v) is 15.6. The van der Waals surface area contributed by atoms with Crippen LogP contribution < -0.4 is 9.80 Å². The number of rotatable bonds is 6. The topological polar surface area (TPSA) is 6.48 Å². The Hall–Kier alpha value is -6.64. The zero-order valence-electron chi connectivity index (χ0n) is 31.7. The first-order chi connectivity index (χ1) is 26.9. The molecule has 0 radical (unpaired) electrons. The summed E-state index contributed by atoms with van der Waals surface area (Å²) in [7, 11) is 0. The molecule has 2 heteroatoms. The highest BCUT2D eigenvalue weighted by atomic mass is 15.1. The SMILES string of the molecule is Cc1ccc(N(c2ccccc2)c2ccc3c4c(ccc3c2)-c2c(c3ccc(N(c5ccccc5)c5ccc(C)cc5)cc3c3ccccc23)C4(C)C)cc1. The second-order valence-electron chi connectivity index (χ2n) is 15.6. The van der Waals surface area contributed by atoms with E-state index in [0.29, 0.717) is 0 Å². The normalized spacial score (nSPS) is 12.9. The van der Waals surface area contributed by atoms with Gasteiger partial charge in [0.25, 0.3) is 0 Å². The van der Waals surface area contributed by atoms with Gasteiger partial charge < -0.3 is 9.80 Å². The minimum absolute atomic E-state index is 0.234. The molecule has 0 aliphatic heterocycles. The van der Waals surface area contributed by atoms with Crippen molar-refractivity contribution in [3.63, 3.8) is 0 Å². The molecule has 0 fully saturated rings. The van der Waals surface area contributed by atoms with Crippen molar-refractivity contribution in [2.75, 3.05) is 9.80 Å². The molecule has 10 rings (SSSR count). The number of aryl methyl sites for hydroxylation is 2. The molecule has 55 heavy (non-hydrogen) atoms. The van der Waals surface area contributed by atoms with Crippen molar-refractivity contribution in [2.24, 2.45) is 0 Å². The first-order valence-corrected chi connectivity index (χ1v) is 19.3. The van der Waals surface area contributed by atoms with Crippen molar-refractivity contribution in [2.45, 2.75) is 33.1 Å². The molecule has 0 N–H and O–H groups in total. The summed E-state index contributed by atoms with van der Waals surface area (Å²) in [5.41, 5.74) is 14.7. The Morgan fingerprint density at radius 1 is 0.345 bits per heavy atom. The third-order valence-corrected chi connectivity index (χ3v) is 11.7. The molecule has 1 aliphatic rings. The molecule has 0 unspecified atom stereocenters. The standard InChI is InChI=1S/C53H42N2/c1-35-19-24-40(25-20-35)54(38-13-7-5-8-14-38)42-28-31-44-37(33-42)23-30-48-50-46-18-12-11-17-45(46)49-34-43(29-32-47(49)52(50)53(3,4)51(44)48)55(39-15-9-6-10-16-39)41-26-21-36(2)22-27-41/h5-34H,1-4H3. The van der Waals surface area contributed by atoms with Crippen molar-refractivity contribution in [1.29, 1.82) is 0 Å². The highest BCUT2D eigenvalue weighted by molar-refractivity contribution is 6.20. The van der Waals surface area contributed by atoms with E-state index in [-0.39, 0.29) is 5.41 Å². The fourth-order valence-corrected chi connectivity index (χ4v) is 9.15. The van der Waals surface area contributed by atoms with Crippen molar-refractivity contribution >= 4 is 66.4 Å². The van der Waals surface area contributed by atoms with Crippen molar-refractivity contribution in [3.05, 3.63) is 204 Å². The monoisotopic (exact) mass is 706 g/mol. The average Bonchev–Trinajstić information content (AvgIpc) is 3.47. The van der Waals surface area contributed by atoms with Gasteiger partial charge in [0.2, 0.25) is 0 Å². The number of benzene rings is 9. The molecule has 0 saturated heterocycles. The van der Waals surface area contributed by atoms with E-state index < -0.39 is 0 Å². The lowest BCUT2D eigenvalue weighted by Crippen LogP contribution is -2.16. The molecule has 9 aromatic rings. The fourth-order valence-electron chi connectivity index (χ4n) is 9.15. The van der Waals surface area contributed by atoms with Crippen LogP contribution in [0.2, 0.25) is 0 Å². The summed E-state index contributed by atoms with van der Waals surface area (Å²) in [6.07, 6.45) is 0. The highest BCUT2D eigenvalue weighted by Crippen LogP contribution is 2.57. The average molecular weight is 707 g/mol. The number of fused-ring (bicyclic) bond motifs is 10. The Labute approximate surface area is 323 Å². The predicted octanol–water partition coefficient (Wildman–Crippen LogP) is 15.0. The van der Waals surface area contributed by atoms with E-state index in [1.54, 1.807) is 0 Å². The van der Waals surface area contributed by atoms with Crippen LogP contribution in [0.15, 0.2) is 182 Å². The molecule has 0 spiro atoms. The van der Waals surface area contributed by atoms with Gasteiger partial charge in [-0.15, -0.1) is 0 Å². The van der Waals surface area contributed by atoms with Crippen LogP contribution in [0.4, 0.5) is 34.1 Å². The summed E-state index contributed by atoms with van der Waals surface area (Å²) >= 11 is 0. The molecular weight excluding hydrogens is 665 g/mol. The molecule has 0 heterocycles. The Bertz CT molecular complexity index is 2890. The van der Waals surface area contributed by atoms with E-state index in [1.807, 2.05) is 0 Å². The zero-order chi connectivity index (χ0) is 37.3. The molecule has 0 bridgehead atoms. The van der Waals surface area contributed by atoms with Gasteiger partial charge in [-0.3, -0.25) is 0 Å². The molecule has 1 aliphatic carbocycles. The van der Waals surface area contributed by atoms with Crippen LogP contribution in [0.5, 0.6) is 0 Å². The maximum Gasteiger partial charge on any atom is 0.0468 e. The van der Waals surface area contributed by atoms with Crippen molar-refractivity contribution < 1.29 is 0 Å². The van der Waals surface area contributed by atoms with Crippen LogP contribution in [0, 0.1) is 13.8 Å². The lowest BCUT2D eigenvalue weighted by Gasteiger charge is -2.28. The van der Waals surface area contributed by atoms with E-state index in [4.69, 9.17) is 0 Å². The highest BCUT2D eigenvalue weighted by Gasteiger charge is 2.40. The first kappa shape index (κ1) is 33.0. The van der Waals surface area contributed by atoms with Crippen LogP contribution >= 0.6 is 0 Å². The lowest BCUT2D eigenvalue weighted by atomic mass is 9.77. The van der Waals surface area contributed by atoms with Crippen LogP contribution in [-0.2, 0) is 5.41 Å². The van der Waals surface area contributed by atoms with E-state index in [2.05, 4.69) is 219 Å². The Kier molecular flexibility index (Phi) is 7.64. The summed E-state index contributed by atoms with van der Waals surface area (Å²) in [5.74, 6) is 0. The van der Waals surface area contributed by atoms with E-state index >= 15 is 0 Å². The second kappa shape index (κ2) is 12.7. The molecular formula is C53H42N2. The largest absolute Gasteiger partial charge is 0.310 e. The molecule has 264 valence electrons. The predicted molar refractivity (Wildman–Crippen MR) is 235 cm³/mol. The molecule has 0 aromatic heterocycles. The summed E-state index contributed by atoms with van der Waals surface area (Å²) in [6, 6.07) is 67.0. The van der Waals surface area contributed by atoms with Crippen LogP contribution in [0.1, 0.15) is 36.1 Å². The first-order valence-electron chi connectivity index (χ1n) is 19.3. The third-order valence-electron chi connectivity index (χ3n) is 11.7. The number of para-hydroxylation sites is 2. The van der Waals surface area contributed by atoms with Gasteiger partial charge in [0.1, 0.15) is 0 Å². The van der Waals surface area contributed by atoms with Crippen molar-refractivity contribution in [3.8, 4) is 11.1 Å². The van der Waals surface area contributed by atoms with Gasteiger partial charge in [-0.05, 0) is 141 Å². The van der Waals surface area contributed by atoms with Crippen LogP contribution in [0.3, 0.4) is 0 Å². The molecule has 9 aromatic carbocycles. The fraction of sp³-hybridized carbons (Fsp3) is 0.0943. The number of anilines is 6. The van der Waals surface area contributed by atoms with Gasteiger partial charge in [-0.2, -0.15) is 0 Å². The van der Waals surface area contributed by atoms with Gasteiger partial charge in [-0.1, -0.05) is 134 Å². The summed E-state index contributed by atoms with van der Waals surface area (Å²) in [5, 5.41) is 7.74. The Balaban J connectivity index is 1.16. The Morgan fingerprint density at radius 2 is 0.818 bits per heavy atom. The Morgan fingerprint density at radius 3 is 1.40 bits per heavy atom. The maximum absolute atomic E-state index is 2.43. The smallest absolute Gasteiger partial charge is 0.0468 e. The number of hydrogen-bond acceptors (Lipinski definition) is 2. The van der Waals surface area contributed by atoms with Gasteiger partial charge in [0.05, 0.1) is 0 Å². The maximum atomic E-state index is 2.43. The van der Waals surface area contributed by atoms with Gasteiger partial charge in [0, 0.05) is 39.5 Å². The molecule has 0 atom stereocenters. The molecule has 0 saturated carbocycles. The third kappa shape index (κ3) is 5.32. The summed E-state index contributed by atoms with van der Waals surface area (Å²) < 4.78 is 0. The van der Waals surface area contributed by atoms with E-state index in [9.17, 15) is 0 Å². The van der Waals surface area contributed by atoms with Crippen LogP contribution in [0.25, 0.3) is 43.4 Å².